The average molecular weight is 333 g/mol. The fraction of sp³-hybridized carbons (Fsp3) is 0.471. The molecule has 0 aliphatic carbocycles. The number of carbonyl (C=O) groups is 1. The Kier molecular flexibility index (Phi) is 5.85. The van der Waals surface area contributed by atoms with Crippen LogP contribution in [0.2, 0.25) is 0 Å². The molecule has 0 aliphatic rings. The molecule has 2 heterocycles. The maximum Gasteiger partial charge on any atom is 0.266 e. The number of amides is 1. The predicted molar refractivity (Wildman–Crippen MR) is 91.5 cm³/mol. The molecule has 2 rings (SSSR count). The quantitative estimate of drug-likeness (QED) is 0.810. The first-order chi connectivity index (χ1) is 10.9. The number of hydrogen-bond acceptors (Lipinski definition) is 5. The van der Waals surface area contributed by atoms with E-state index >= 15 is 0 Å². The van der Waals surface area contributed by atoms with Gasteiger partial charge in [0.05, 0.1) is 5.69 Å². The van der Waals surface area contributed by atoms with Gasteiger partial charge in [0, 0.05) is 32.1 Å². The number of pyridine rings is 1. The van der Waals surface area contributed by atoms with Crippen LogP contribution in [0.25, 0.3) is 0 Å². The van der Waals surface area contributed by atoms with Crippen LogP contribution in [0, 0.1) is 6.92 Å². The maximum atomic E-state index is 13.0. The number of ether oxygens (including phenoxy) is 1. The van der Waals surface area contributed by atoms with E-state index in [1.54, 1.807) is 19.5 Å². The zero-order valence-corrected chi connectivity index (χ0v) is 15.1. The van der Waals surface area contributed by atoms with E-state index in [0.29, 0.717) is 11.4 Å². The van der Waals surface area contributed by atoms with Crippen LogP contribution in [-0.2, 0) is 11.3 Å². The van der Waals surface area contributed by atoms with E-state index in [9.17, 15) is 4.79 Å². The van der Waals surface area contributed by atoms with Crippen molar-refractivity contribution in [3.8, 4) is 0 Å². The summed E-state index contributed by atoms with van der Waals surface area (Å²) in [5, 5.41) is 0.832. The second-order valence-corrected chi connectivity index (χ2v) is 6.76. The minimum atomic E-state index is -0.105. The average Bonchev–Trinajstić information content (AvgIpc) is 2.94. The lowest BCUT2D eigenvalue weighted by molar-refractivity contribution is 0.0694. The lowest BCUT2D eigenvalue weighted by atomic mass is 10.2. The van der Waals surface area contributed by atoms with Gasteiger partial charge in [-0.3, -0.25) is 9.78 Å². The first-order valence-electron chi connectivity index (χ1n) is 7.64. The van der Waals surface area contributed by atoms with Gasteiger partial charge in [-0.25, -0.2) is 4.98 Å². The highest BCUT2D eigenvalue weighted by molar-refractivity contribution is 7.13. The molecule has 5 nitrogen and oxygen atoms in total. The number of hydrogen-bond donors (Lipinski definition) is 0. The Bertz CT molecular complexity index is 655. The molecule has 0 unspecified atom stereocenters. The number of rotatable bonds is 6. The monoisotopic (exact) mass is 333 g/mol. The summed E-state index contributed by atoms with van der Waals surface area (Å²) in [7, 11) is 1.64. The van der Waals surface area contributed by atoms with Gasteiger partial charge in [0.25, 0.3) is 5.91 Å². The van der Waals surface area contributed by atoms with E-state index < -0.39 is 0 Å². The van der Waals surface area contributed by atoms with E-state index in [0.717, 1.165) is 16.3 Å². The largest absolute Gasteiger partial charge is 0.375 e. The zero-order valence-electron chi connectivity index (χ0n) is 14.2. The van der Waals surface area contributed by atoms with Gasteiger partial charge >= 0.3 is 0 Å². The smallest absolute Gasteiger partial charge is 0.266 e. The van der Waals surface area contributed by atoms with Gasteiger partial charge in [0.2, 0.25) is 0 Å². The molecule has 0 aromatic carbocycles. The maximum absolute atomic E-state index is 13.0. The second-order valence-electron chi connectivity index (χ2n) is 5.73. The van der Waals surface area contributed by atoms with Crippen LogP contribution in [0.15, 0.2) is 24.5 Å². The van der Waals surface area contributed by atoms with Gasteiger partial charge in [-0.1, -0.05) is 6.07 Å². The number of thiazole rings is 1. The third-order valence-corrected chi connectivity index (χ3v) is 4.98. The van der Waals surface area contributed by atoms with Crippen molar-refractivity contribution < 1.29 is 9.53 Å². The molecule has 6 heteroatoms. The van der Waals surface area contributed by atoms with Crippen molar-refractivity contribution in [3.63, 3.8) is 0 Å². The van der Waals surface area contributed by atoms with Crippen molar-refractivity contribution >= 4 is 17.2 Å². The Hall–Kier alpha value is -1.79. The molecular formula is C17H23N3O2S. The third-order valence-electron chi connectivity index (χ3n) is 3.67. The summed E-state index contributed by atoms with van der Waals surface area (Å²) in [5.74, 6) is 0.00778. The summed E-state index contributed by atoms with van der Waals surface area (Å²) in [6.45, 7) is 8.38. The molecule has 0 saturated heterocycles. The molecule has 124 valence electrons. The molecule has 0 saturated carbocycles. The highest BCUT2D eigenvalue weighted by Crippen LogP contribution is 2.27. The van der Waals surface area contributed by atoms with Crippen molar-refractivity contribution in [2.45, 2.75) is 46.4 Å². The van der Waals surface area contributed by atoms with E-state index in [4.69, 9.17) is 4.74 Å². The van der Waals surface area contributed by atoms with Crippen LogP contribution < -0.4 is 0 Å². The van der Waals surface area contributed by atoms with Gasteiger partial charge in [-0.15, -0.1) is 11.3 Å². The number of carbonyl (C=O) groups excluding carboxylic acids is 1. The van der Waals surface area contributed by atoms with E-state index in [-0.39, 0.29) is 18.1 Å². The first kappa shape index (κ1) is 17.6. The van der Waals surface area contributed by atoms with E-state index in [1.807, 2.05) is 44.7 Å². The molecule has 0 N–H and O–H groups in total. The molecule has 0 fully saturated rings. The molecule has 0 aliphatic heterocycles. The number of aryl methyl sites for hydroxylation is 1. The van der Waals surface area contributed by atoms with Crippen LogP contribution in [0.3, 0.4) is 0 Å². The summed E-state index contributed by atoms with van der Waals surface area (Å²) >= 11 is 1.41. The molecular weight excluding hydrogens is 310 g/mol. The van der Waals surface area contributed by atoms with Crippen molar-refractivity contribution in [2.24, 2.45) is 0 Å². The highest BCUT2D eigenvalue weighted by Gasteiger charge is 2.25. The summed E-state index contributed by atoms with van der Waals surface area (Å²) < 4.78 is 5.30. The van der Waals surface area contributed by atoms with Gasteiger partial charge < -0.3 is 9.64 Å². The van der Waals surface area contributed by atoms with Crippen LogP contribution in [-0.4, -0.2) is 33.9 Å². The zero-order chi connectivity index (χ0) is 17.0. The summed E-state index contributed by atoms with van der Waals surface area (Å²) in [4.78, 5) is 24.1. The summed E-state index contributed by atoms with van der Waals surface area (Å²) in [6.07, 6.45) is 3.42. The molecule has 2 aromatic heterocycles. The summed E-state index contributed by atoms with van der Waals surface area (Å²) in [6, 6.07) is 3.95. The Balaban J connectivity index is 2.26. The third kappa shape index (κ3) is 4.14. The number of aromatic nitrogens is 2. The molecule has 0 spiro atoms. The van der Waals surface area contributed by atoms with Crippen LogP contribution in [0.1, 0.15) is 52.8 Å². The molecule has 2 aromatic rings. The van der Waals surface area contributed by atoms with Crippen LogP contribution in [0.5, 0.6) is 0 Å². The Morgan fingerprint density at radius 1 is 1.39 bits per heavy atom. The van der Waals surface area contributed by atoms with E-state index in [1.165, 1.54) is 11.3 Å². The Morgan fingerprint density at radius 3 is 2.70 bits per heavy atom. The van der Waals surface area contributed by atoms with Crippen molar-refractivity contribution in [1.29, 1.82) is 0 Å². The number of nitrogens with zero attached hydrogens (tertiary/aromatic N) is 3. The molecule has 23 heavy (non-hydrogen) atoms. The standard InChI is InChI=1S/C17H23N3O2S/c1-11(2)20(10-14-7-6-8-18-9-14)17(21)15-12(3)19-16(23-15)13(4)22-5/h6-9,11,13H,10H2,1-5H3/t13-/m1/s1. The van der Waals surface area contributed by atoms with Crippen molar-refractivity contribution in [3.05, 3.63) is 45.7 Å². The van der Waals surface area contributed by atoms with Crippen LogP contribution in [0.4, 0.5) is 0 Å². The first-order valence-corrected chi connectivity index (χ1v) is 8.45. The van der Waals surface area contributed by atoms with Gasteiger partial charge in [-0.2, -0.15) is 0 Å². The minimum Gasteiger partial charge on any atom is -0.375 e. The molecule has 1 amide bonds. The minimum absolute atomic E-state index is 0.00778. The van der Waals surface area contributed by atoms with Gasteiger partial charge in [0.1, 0.15) is 16.0 Å². The van der Waals surface area contributed by atoms with Gasteiger partial charge in [-0.05, 0) is 39.3 Å². The molecule has 0 radical (unpaired) electrons. The second kappa shape index (κ2) is 7.66. The fourth-order valence-electron chi connectivity index (χ4n) is 2.20. The van der Waals surface area contributed by atoms with Gasteiger partial charge in [0.15, 0.2) is 0 Å². The normalized spacial score (nSPS) is 12.4. The Morgan fingerprint density at radius 2 is 2.13 bits per heavy atom. The number of methoxy groups -OCH3 is 1. The Labute approximate surface area is 141 Å². The fourth-order valence-corrected chi connectivity index (χ4v) is 3.25. The van der Waals surface area contributed by atoms with Crippen molar-refractivity contribution in [2.75, 3.05) is 7.11 Å². The molecule has 0 bridgehead atoms. The highest BCUT2D eigenvalue weighted by atomic mass is 32.1. The summed E-state index contributed by atoms with van der Waals surface area (Å²) in [5.41, 5.74) is 1.78. The lowest BCUT2D eigenvalue weighted by Gasteiger charge is -2.26. The topological polar surface area (TPSA) is 55.3 Å². The van der Waals surface area contributed by atoms with Crippen molar-refractivity contribution in [1.82, 2.24) is 14.9 Å². The van der Waals surface area contributed by atoms with Crippen LogP contribution >= 0.6 is 11.3 Å². The molecule has 1 atom stereocenters. The lowest BCUT2D eigenvalue weighted by Crippen LogP contribution is -2.36. The predicted octanol–water partition coefficient (Wildman–Crippen LogP) is 3.60. The van der Waals surface area contributed by atoms with E-state index in [2.05, 4.69) is 9.97 Å². The SMILES string of the molecule is CO[C@H](C)c1nc(C)c(C(=O)N(Cc2cccnc2)C(C)C)s1.